The third-order valence-corrected chi connectivity index (χ3v) is 2.23. The highest BCUT2D eigenvalue weighted by Crippen LogP contribution is 2.16. The molecule has 0 spiro atoms. The lowest BCUT2D eigenvalue weighted by Crippen LogP contribution is -2.23. The van der Waals surface area contributed by atoms with Crippen LogP contribution >= 0.6 is 15.9 Å². The molecule has 0 aromatic heterocycles. The molecule has 0 fully saturated rings. The molecule has 0 aliphatic carbocycles. The lowest BCUT2D eigenvalue weighted by atomic mass is 10.2. The molecule has 4 heteroatoms. The predicted octanol–water partition coefficient (Wildman–Crippen LogP) is 2.50. The molecule has 2 nitrogen and oxygen atoms in total. The van der Waals surface area contributed by atoms with Crippen LogP contribution in [0.15, 0.2) is 35.3 Å². The van der Waals surface area contributed by atoms with Gasteiger partial charge in [0.25, 0.3) is 5.91 Å². The summed E-state index contributed by atoms with van der Waals surface area (Å²) < 4.78 is 13.4. The Morgan fingerprint density at radius 3 is 2.93 bits per heavy atom. The van der Waals surface area contributed by atoms with Gasteiger partial charge in [-0.1, -0.05) is 6.08 Å². The Morgan fingerprint density at radius 2 is 2.36 bits per heavy atom. The molecular weight excluding hydrogens is 249 g/mol. The van der Waals surface area contributed by atoms with Crippen LogP contribution in [0, 0.1) is 5.82 Å². The van der Waals surface area contributed by atoms with Crippen LogP contribution in [0.4, 0.5) is 4.39 Å². The van der Waals surface area contributed by atoms with Gasteiger partial charge in [-0.2, -0.15) is 0 Å². The smallest absolute Gasteiger partial charge is 0.251 e. The van der Waals surface area contributed by atoms with Crippen molar-refractivity contribution in [3.8, 4) is 0 Å². The second-order valence-corrected chi connectivity index (χ2v) is 3.48. The number of carbonyl (C=O) groups excluding carboxylic acids is 1. The van der Waals surface area contributed by atoms with Gasteiger partial charge in [-0.3, -0.25) is 4.79 Å². The van der Waals surface area contributed by atoms with Gasteiger partial charge >= 0.3 is 0 Å². The summed E-state index contributed by atoms with van der Waals surface area (Å²) in [7, 11) is 0. The lowest BCUT2D eigenvalue weighted by Gasteiger charge is -2.02. The molecule has 0 atom stereocenters. The largest absolute Gasteiger partial charge is 0.349 e. The molecule has 1 N–H and O–H groups in total. The molecule has 1 amide bonds. The SMILES string of the molecule is C=CCNC(=O)c1ccc(Br)c(F)c1. The van der Waals surface area contributed by atoms with Crippen LogP contribution in [0.5, 0.6) is 0 Å². The Kier molecular flexibility index (Phi) is 3.83. The fourth-order valence-corrected chi connectivity index (χ4v) is 1.15. The molecule has 0 radical (unpaired) electrons. The topological polar surface area (TPSA) is 29.1 Å². The summed E-state index contributed by atoms with van der Waals surface area (Å²) in [5.74, 6) is -0.757. The molecule has 0 bridgehead atoms. The second kappa shape index (κ2) is 4.91. The number of rotatable bonds is 3. The van der Waals surface area contributed by atoms with Crippen LogP contribution < -0.4 is 5.32 Å². The zero-order valence-electron chi connectivity index (χ0n) is 7.39. The van der Waals surface area contributed by atoms with Gasteiger partial charge in [-0.05, 0) is 34.1 Å². The van der Waals surface area contributed by atoms with Crippen molar-refractivity contribution in [1.29, 1.82) is 0 Å². The van der Waals surface area contributed by atoms with Crippen LogP contribution in [-0.2, 0) is 0 Å². The molecule has 0 unspecified atom stereocenters. The van der Waals surface area contributed by atoms with Crippen LogP contribution in [0.2, 0.25) is 0 Å². The maximum Gasteiger partial charge on any atom is 0.251 e. The van der Waals surface area contributed by atoms with Crippen LogP contribution in [-0.4, -0.2) is 12.5 Å². The second-order valence-electron chi connectivity index (χ2n) is 2.63. The van der Waals surface area contributed by atoms with Crippen LogP contribution in [0.3, 0.4) is 0 Å². The summed E-state index contributed by atoms with van der Waals surface area (Å²) in [4.78, 5) is 11.3. The van der Waals surface area contributed by atoms with E-state index in [9.17, 15) is 9.18 Å². The number of benzene rings is 1. The van der Waals surface area contributed by atoms with Crippen molar-refractivity contribution in [3.05, 3.63) is 46.7 Å². The number of hydrogen-bond acceptors (Lipinski definition) is 1. The fourth-order valence-electron chi connectivity index (χ4n) is 0.904. The number of nitrogens with one attached hydrogen (secondary N) is 1. The summed E-state index contributed by atoms with van der Waals surface area (Å²) in [6.45, 7) is 3.83. The molecular formula is C10H9BrFNO. The van der Waals surface area contributed by atoms with Gasteiger partial charge in [-0.15, -0.1) is 6.58 Å². The number of halogens is 2. The molecule has 1 rings (SSSR count). The van der Waals surface area contributed by atoms with E-state index in [1.165, 1.54) is 12.1 Å². The van der Waals surface area contributed by atoms with Gasteiger partial charge in [0.1, 0.15) is 5.82 Å². The molecule has 1 aromatic rings. The molecule has 1 aromatic carbocycles. The minimum Gasteiger partial charge on any atom is -0.349 e. The Bertz CT molecular complexity index is 365. The van der Waals surface area contributed by atoms with E-state index in [1.807, 2.05) is 0 Å². The zero-order chi connectivity index (χ0) is 10.6. The predicted molar refractivity (Wildman–Crippen MR) is 56.6 cm³/mol. The summed E-state index contributed by atoms with van der Waals surface area (Å²) in [6.07, 6.45) is 1.56. The average Bonchev–Trinajstić information content (AvgIpc) is 2.18. The van der Waals surface area contributed by atoms with E-state index in [-0.39, 0.29) is 5.91 Å². The first kappa shape index (κ1) is 10.9. The summed E-state index contributed by atoms with van der Waals surface area (Å²) in [5.41, 5.74) is 0.299. The lowest BCUT2D eigenvalue weighted by molar-refractivity contribution is 0.0957. The van der Waals surface area contributed by atoms with Crippen LogP contribution in [0.1, 0.15) is 10.4 Å². The normalized spacial score (nSPS) is 9.57. The highest BCUT2D eigenvalue weighted by molar-refractivity contribution is 9.10. The van der Waals surface area contributed by atoms with E-state index in [0.29, 0.717) is 16.6 Å². The molecule has 74 valence electrons. The van der Waals surface area contributed by atoms with Gasteiger partial charge in [0.05, 0.1) is 4.47 Å². The van der Waals surface area contributed by atoms with Crippen molar-refractivity contribution in [2.24, 2.45) is 0 Å². The first-order valence-electron chi connectivity index (χ1n) is 3.99. The quantitative estimate of drug-likeness (QED) is 0.829. The van der Waals surface area contributed by atoms with E-state index >= 15 is 0 Å². The molecule has 0 saturated carbocycles. The monoisotopic (exact) mass is 257 g/mol. The summed E-state index contributed by atoms with van der Waals surface area (Å²) in [6, 6.07) is 4.23. The van der Waals surface area contributed by atoms with E-state index < -0.39 is 5.82 Å². The van der Waals surface area contributed by atoms with Gasteiger partial charge < -0.3 is 5.32 Å². The molecule has 14 heavy (non-hydrogen) atoms. The standard InChI is InChI=1S/C10H9BrFNO/c1-2-5-13-10(14)7-3-4-8(11)9(12)6-7/h2-4,6H,1,5H2,(H,13,14). The van der Waals surface area contributed by atoms with Crippen molar-refractivity contribution >= 4 is 21.8 Å². The van der Waals surface area contributed by atoms with Crippen LogP contribution in [0.25, 0.3) is 0 Å². The van der Waals surface area contributed by atoms with E-state index in [0.717, 1.165) is 0 Å². The minimum atomic E-state index is -0.448. The Morgan fingerprint density at radius 1 is 1.64 bits per heavy atom. The van der Waals surface area contributed by atoms with Gasteiger partial charge in [0.15, 0.2) is 0 Å². The summed E-state index contributed by atoms with van der Waals surface area (Å²) in [5, 5.41) is 2.56. The maximum atomic E-state index is 13.0. The Labute approximate surface area is 89.9 Å². The van der Waals surface area contributed by atoms with Crippen molar-refractivity contribution in [1.82, 2.24) is 5.32 Å². The zero-order valence-corrected chi connectivity index (χ0v) is 8.97. The van der Waals surface area contributed by atoms with Gasteiger partial charge in [0, 0.05) is 12.1 Å². The van der Waals surface area contributed by atoms with E-state index in [1.54, 1.807) is 12.1 Å². The first-order valence-corrected chi connectivity index (χ1v) is 4.78. The third-order valence-electron chi connectivity index (χ3n) is 1.59. The Hall–Kier alpha value is -1.16. The Balaban J connectivity index is 2.80. The van der Waals surface area contributed by atoms with Gasteiger partial charge in [-0.25, -0.2) is 4.39 Å². The number of carbonyl (C=O) groups is 1. The van der Waals surface area contributed by atoms with Gasteiger partial charge in [0.2, 0.25) is 0 Å². The van der Waals surface area contributed by atoms with Crippen molar-refractivity contribution in [2.45, 2.75) is 0 Å². The average molecular weight is 258 g/mol. The third kappa shape index (κ3) is 2.67. The minimum absolute atomic E-state index is 0.299. The number of hydrogen-bond donors (Lipinski definition) is 1. The fraction of sp³-hybridized carbons (Fsp3) is 0.100. The van der Waals surface area contributed by atoms with Crippen molar-refractivity contribution in [2.75, 3.05) is 6.54 Å². The van der Waals surface area contributed by atoms with Crippen molar-refractivity contribution in [3.63, 3.8) is 0 Å². The molecule has 0 saturated heterocycles. The number of amides is 1. The highest BCUT2D eigenvalue weighted by Gasteiger charge is 2.06. The molecule has 0 aliphatic heterocycles. The highest BCUT2D eigenvalue weighted by atomic mass is 79.9. The molecule has 0 heterocycles. The summed E-state index contributed by atoms with van der Waals surface area (Å²) >= 11 is 3.01. The van der Waals surface area contributed by atoms with E-state index in [2.05, 4.69) is 27.8 Å². The first-order chi connectivity index (χ1) is 6.65. The van der Waals surface area contributed by atoms with E-state index in [4.69, 9.17) is 0 Å². The molecule has 0 aliphatic rings. The maximum absolute atomic E-state index is 13.0. The van der Waals surface area contributed by atoms with Crippen molar-refractivity contribution < 1.29 is 9.18 Å².